The first-order chi connectivity index (χ1) is 9.33. The fourth-order valence-corrected chi connectivity index (χ4v) is 2.82. The van der Waals surface area contributed by atoms with E-state index in [-0.39, 0.29) is 12.0 Å². The van der Waals surface area contributed by atoms with E-state index >= 15 is 0 Å². The Hall–Kier alpha value is -1.88. The normalized spacial score (nSPS) is 18.5. The zero-order valence-electron chi connectivity index (χ0n) is 10.4. The van der Waals surface area contributed by atoms with Gasteiger partial charge in [-0.1, -0.05) is 0 Å². The summed E-state index contributed by atoms with van der Waals surface area (Å²) in [4.78, 5) is 18.0. The average molecular weight is 274 g/mol. The number of carbonyl (C=O) groups excluding carboxylic acids is 1. The number of aromatic nitrogens is 1. The minimum Gasteiger partial charge on any atom is -0.488 e. The summed E-state index contributed by atoms with van der Waals surface area (Å²) >= 11 is 1.54. The lowest BCUT2D eigenvalue weighted by atomic mass is 10.3. The molecule has 0 N–H and O–H groups in total. The van der Waals surface area contributed by atoms with E-state index in [1.165, 1.54) is 0 Å². The van der Waals surface area contributed by atoms with Crippen LogP contribution in [-0.2, 0) is 0 Å². The third kappa shape index (κ3) is 2.76. The van der Waals surface area contributed by atoms with Gasteiger partial charge in [-0.3, -0.25) is 9.78 Å². The maximum atomic E-state index is 12.2. The third-order valence-corrected chi connectivity index (χ3v) is 3.84. The highest BCUT2D eigenvalue weighted by atomic mass is 32.1. The zero-order chi connectivity index (χ0) is 13.1. The van der Waals surface area contributed by atoms with Crippen molar-refractivity contribution in [2.75, 3.05) is 13.1 Å². The molecule has 98 valence electrons. The average Bonchev–Trinajstić information content (AvgIpc) is 3.10. The lowest BCUT2D eigenvalue weighted by Crippen LogP contribution is -2.30. The molecule has 1 amide bonds. The summed E-state index contributed by atoms with van der Waals surface area (Å²) in [5.41, 5.74) is 0.773. The Bertz CT molecular complexity index is 542. The fourth-order valence-electron chi connectivity index (χ4n) is 2.19. The molecule has 0 bridgehead atoms. The Morgan fingerprint density at radius 2 is 2.21 bits per heavy atom. The summed E-state index contributed by atoms with van der Waals surface area (Å²) in [6, 6.07) is 5.54. The molecular formula is C14H14N2O2S. The summed E-state index contributed by atoms with van der Waals surface area (Å²) in [5, 5.41) is 3.81. The maximum Gasteiger partial charge on any atom is 0.254 e. The molecule has 19 heavy (non-hydrogen) atoms. The van der Waals surface area contributed by atoms with E-state index in [2.05, 4.69) is 4.98 Å². The molecule has 1 aliphatic heterocycles. The molecular weight excluding hydrogens is 260 g/mol. The van der Waals surface area contributed by atoms with Crippen LogP contribution in [0.3, 0.4) is 0 Å². The minimum atomic E-state index is 0.0741. The number of nitrogens with zero attached hydrogens (tertiary/aromatic N) is 2. The maximum absolute atomic E-state index is 12.2. The first kappa shape index (κ1) is 12.2. The van der Waals surface area contributed by atoms with Crippen LogP contribution in [0.4, 0.5) is 0 Å². The second-order valence-corrected chi connectivity index (χ2v) is 5.25. The lowest BCUT2D eigenvalue weighted by molar-refractivity contribution is 0.0773. The molecule has 5 heteroatoms. The Labute approximate surface area is 115 Å². The second-order valence-electron chi connectivity index (χ2n) is 4.47. The van der Waals surface area contributed by atoms with Gasteiger partial charge in [0.1, 0.15) is 11.9 Å². The van der Waals surface area contributed by atoms with Crippen molar-refractivity contribution in [2.24, 2.45) is 0 Å². The third-order valence-electron chi connectivity index (χ3n) is 3.15. The van der Waals surface area contributed by atoms with Crippen molar-refractivity contribution < 1.29 is 9.53 Å². The monoisotopic (exact) mass is 274 g/mol. The standard InChI is InChI=1S/C14H14N2O2S/c17-14(11-4-8-19-10-11)16-7-3-13(9-16)18-12-1-5-15-6-2-12/h1-2,4-6,8,10,13H,3,7,9H2/t13-/m1/s1. The van der Waals surface area contributed by atoms with Gasteiger partial charge in [0.25, 0.3) is 5.91 Å². The number of rotatable bonds is 3. The zero-order valence-corrected chi connectivity index (χ0v) is 11.2. The number of ether oxygens (including phenoxy) is 1. The van der Waals surface area contributed by atoms with E-state index in [0.717, 1.165) is 24.3 Å². The van der Waals surface area contributed by atoms with Gasteiger partial charge < -0.3 is 9.64 Å². The van der Waals surface area contributed by atoms with Crippen LogP contribution in [-0.4, -0.2) is 35.0 Å². The van der Waals surface area contributed by atoms with Crippen LogP contribution in [0.5, 0.6) is 5.75 Å². The van der Waals surface area contributed by atoms with Gasteiger partial charge in [0.15, 0.2) is 0 Å². The van der Waals surface area contributed by atoms with Gasteiger partial charge >= 0.3 is 0 Å². The van der Waals surface area contributed by atoms with Gasteiger partial charge in [-0.25, -0.2) is 0 Å². The van der Waals surface area contributed by atoms with Crippen molar-refractivity contribution >= 4 is 17.2 Å². The van der Waals surface area contributed by atoms with Crippen molar-refractivity contribution in [2.45, 2.75) is 12.5 Å². The summed E-state index contributed by atoms with van der Waals surface area (Å²) < 4.78 is 5.84. The van der Waals surface area contributed by atoms with E-state index in [4.69, 9.17) is 4.74 Å². The number of amides is 1. The predicted molar refractivity (Wildman–Crippen MR) is 73.5 cm³/mol. The molecule has 4 nitrogen and oxygen atoms in total. The van der Waals surface area contributed by atoms with Gasteiger partial charge in [-0.15, -0.1) is 0 Å². The molecule has 3 rings (SSSR count). The number of pyridine rings is 1. The number of thiophene rings is 1. The van der Waals surface area contributed by atoms with Crippen molar-refractivity contribution in [3.8, 4) is 5.75 Å². The van der Waals surface area contributed by atoms with Crippen molar-refractivity contribution in [1.29, 1.82) is 0 Å². The summed E-state index contributed by atoms with van der Waals surface area (Å²) in [5.74, 6) is 0.909. The molecule has 1 saturated heterocycles. The number of hydrogen-bond acceptors (Lipinski definition) is 4. The molecule has 0 aromatic carbocycles. The van der Waals surface area contributed by atoms with Crippen LogP contribution in [0.25, 0.3) is 0 Å². The van der Waals surface area contributed by atoms with Crippen molar-refractivity contribution in [1.82, 2.24) is 9.88 Å². The Morgan fingerprint density at radius 3 is 2.95 bits per heavy atom. The van der Waals surface area contributed by atoms with Crippen molar-refractivity contribution in [3.05, 3.63) is 46.9 Å². The highest BCUT2D eigenvalue weighted by molar-refractivity contribution is 7.08. The Balaban J connectivity index is 1.60. The molecule has 1 fully saturated rings. The molecule has 3 heterocycles. The Kier molecular flexibility index (Phi) is 3.46. The second kappa shape index (κ2) is 5.40. The molecule has 1 aliphatic rings. The largest absolute Gasteiger partial charge is 0.488 e. The van der Waals surface area contributed by atoms with Crippen LogP contribution in [0.2, 0.25) is 0 Å². The van der Waals surface area contributed by atoms with Gasteiger partial charge in [0, 0.05) is 30.7 Å². The summed E-state index contributed by atoms with van der Waals surface area (Å²) in [6.07, 6.45) is 4.36. The van der Waals surface area contributed by atoms with Crippen LogP contribution >= 0.6 is 11.3 Å². The highest BCUT2D eigenvalue weighted by Crippen LogP contribution is 2.20. The van der Waals surface area contributed by atoms with Gasteiger partial charge in [-0.2, -0.15) is 11.3 Å². The molecule has 0 aliphatic carbocycles. The Morgan fingerprint density at radius 1 is 1.37 bits per heavy atom. The van der Waals surface area contributed by atoms with Gasteiger partial charge in [0.2, 0.25) is 0 Å². The SMILES string of the molecule is O=C(c1ccsc1)N1CC[C@@H](Oc2ccncc2)C1. The quantitative estimate of drug-likeness (QED) is 0.863. The molecule has 0 radical (unpaired) electrons. The first-order valence-electron chi connectivity index (χ1n) is 6.21. The number of carbonyl (C=O) groups is 1. The minimum absolute atomic E-state index is 0.0741. The number of hydrogen-bond donors (Lipinski definition) is 0. The van der Waals surface area contributed by atoms with Crippen molar-refractivity contribution in [3.63, 3.8) is 0 Å². The molecule has 0 unspecified atom stereocenters. The molecule has 2 aromatic heterocycles. The summed E-state index contributed by atoms with van der Waals surface area (Å²) in [6.45, 7) is 1.40. The van der Waals surface area contributed by atoms with Crippen LogP contribution in [0.15, 0.2) is 41.4 Å². The lowest BCUT2D eigenvalue weighted by Gasteiger charge is -2.16. The van der Waals surface area contributed by atoms with Gasteiger partial charge in [0.05, 0.1) is 12.1 Å². The van der Waals surface area contributed by atoms with E-state index in [1.807, 2.05) is 33.9 Å². The van der Waals surface area contributed by atoms with E-state index in [9.17, 15) is 4.79 Å². The van der Waals surface area contributed by atoms with Crippen LogP contribution in [0.1, 0.15) is 16.8 Å². The number of likely N-dealkylation sites (tertiary alicyclic amines) is 1. The fraction of sp³-hybridized carbons (Fsp3) is 0.286. The smallest absolute Gasteiger partial charge is 0.254 e. The van der Waals surface area contributed by atoms with Crippen LogP contribution < -0.4 is 4.74 Å². The molecule has 2 aromatic rings. The van der Waals surface area contributed by atoms with Crippen LogP contribution in [0, 0.1) is 0 Å². The predicted octanol–water partition coefficient (Wildman–Crippen LogP) is 2.44. The summed E-state index contributed by atoms with van der Waals surface area (Å²) in [7, 11) is 0. The first-order valence-corrected chi connectivity index (χ1v) is 7.15. The molecule has 0 spiro atoms. The topological polar surface area (TPSA) is 42.4 Å². The van der Waals surface area contributed by atoms with Gasteiger partial charge in [-0.05, 0) is 23.6 Å². The van der Waals surface area contributed by atoms with E-state index in [1.54, 1.807) is 23.7 Å². The van der Waals surface area contributed by atoms with E-state index in [0.29, 0.717) is 6.54 Å². The molecule has 1 atom stereocenters. The highest BCUT2D eigenvalue weighted by Gasteiger charge is 2.28. The van der Waals surface area contributed by atoms with E-state index < -0.39 is 0 Å². The molecule has 0 saturated carbocycles.